The van der Waals surface area contributed by atoms with Gasteiger partial charge in [0, 0.05) is 12.1 Å². The zero-order valence-electron chi connectivity index (χ0n) is 12.2. The van der Waals surface area contributed by atoms with Gasteiger partial charge in [0.2, 0.25) is 0 Å². The van der Waals surface area contributed by atoms with E-state index in [9.17, 15) is 5.11 Å². The van der Waals surface area contributed by atoms with Crippen LogP contribution in [0.25, 0.3) is 0 Å². The average Bonchev–Trinajstić information content (AvgIpc) is 2.83. The number of nitrogens with zero attached hydrogens (tertiary/aromatic N) is 3. The number of benzene rings is 1. The highest BCUT2D eigenvalue weighted by Gasteiger charge is 2.11. The summed E-state index contributed by atoms with van der Waals surface area (Å²) in [6.07, 6.45) is 0.987. The van der Waals surface area contributed by atoms with E-state index < -0.39 is 6.10 Å². The molecule has 0 spiro atoms. The lowest BCUT2D eigenvalue weighted by Gasteiger charge is -2.14. The van der Waals surface area contributed by atoms with Gasteiger partial charge in [0.05, 0.1) is 6.10 Å². The number of hydrogen-bond acceptors (Lipinski definition) is 4. The first kappa shape index (κ1) is 14.5. The van der Waals surface area contributed by atoms with Crippen molar-refractivity contribution < 1.29 is 9.84 Å². The quantitative estimate of drug-likeness (QED) is 0.880. The molecule has 5 nitrogen and oxygen atoms in total. The third kappa shape index (κ3) is 3.57. The van der Waals surface area contributed by atoms with Gasteiger partial charge in [-0.2, -0.15) is 5.10 Å². The van der Waals surface area contributed by atoms with Crippen LogP contribution in [0.4, 0.5) is 0 Å². The first-order valence-electron chi connectivity index (χ1n) is 6.84. The molecule has 0 aliphatic rings. The van der Waals surface area contributed by atoms with Crippen LogP contribution in [-0.2, 0) is 13.2 Å². The molecule has 1 atom stereocenters. The third-order valence-electron chi connectivity index (χ3n) is 2.96. The summed E-state index contributed by atoms with van der Waals surface area (Å²) in [5, 5.41) is 13.9. The smallest absolute Gasteiger partial charge is 0.164 e. The molecule has 2 aromatic rings. The summed E-state index contributed by atoms with van der Waals surface area (Å²) >= 11 is 0. The number of hydrogen-bond donors (Lipinski definition) is 1. The topological polar surface area (TPSA) is 60.2 Å². The Morgan fingerprint density at radius 1 is 1.25 bits per heavy atom. The molecule has 108 valence electrons. The fourth-order valence-electron chi connectivity index (χ4n) is 2.00. The van der Waals surface area contributed by atoms with Crippen LogP contribution >= 0.6 is 0 Å². The standard InChI is InChI=1S/C15H21N3O2/c1-11(2)8-18-15(16-10-17-18)9-20-14-7-5-4-6-13(14)12(3)19/h4-7,10-12,19H,8-9H2,1-3H3/t12-/m1/s1. The highest BCUT2D eigenvalue weighted by Crippen LogP contribution is 2.25. The van der Waals surface area contributed by atoms with Gasteiger partial charge in [-0.05, 0) is 18.9 Å². The highest BCUT2D eigenvalue weighted by molar-refractivity contribution is 5.34. The lowest BCUT2D eigenvalue weighted by atomic mass is 10.1. The summed E-state index contributed by atoms with van der Waals surface area (Å²) < 4.78 is 7.64. The zero-order valence-corrected chi connectivity index (χ0v) is 12.2. The van der Waals surface area contributed by atoms with E-state index in [2.05, 4.69) is 23.9 Å². The van der Waals surface area contributed by atoms with E-state index in [1.807, 2.05) is 28.9 Å². The van der Waals surface area contributed by atoms with Gasteiger partial charge in [0.25, 0.3) is 0 Å². The molecule has 0 radical (unpaired) electrons. The minimum absolute atomic E-state index is 0.344. The minimum Gasteiger partial charge on any atom is -0.485 e. The van der Waals surface area contributed by atoms with Gasteiger partial charge in [-0.1, -0.05) is 32.0 Å². The average molecular weight is 275 g/mol. The van der Waals surface area contributed by atoms with Crippen molar-refractivity contribution in [2.45, 2.75) is 40.0 Å². The summed E-state index contributed by atoms with van der Waals surface area (Å²) in [7, 11) is 0. The molecule has 0 aliphatic heterocycles. The Labute approximate surface area is 119 Å². The summed E-state index contributed by atoms with van der Waals surface area (Å²) in [6.45, 7) is 7.15. The molecular formula is C15H21N3O2. The van der Waals surface area contributed by atoms with Crippen molar-refractivity contribution in [3.05, 3.63) is 42.0 Å². The van der Waals surface area contributed by atoms with E-state index in [4.69, 9.17) is 4.74 Å². The maximum atomic E-state index is 9.72. The molecule has 1 aromatic carbocycles. The fourth-order valence-corrected chi connectivity index (χ4v) is 2.00. The highest BCUT2D eigenvalue weighted by atomic mass is 16.5. The molecule has 0 saturated heterocycles. The molecule has 0 bridgehead atoms. The summed E-state index contributed by atoms with van der Waals surface area (Å²) in [5.74, 6) is 1.97. The number of aliphatic hydroxyl groups excluding tert-OH is 1. The molecular weight excluding hydrogens is 254 g/mol. The number of aromatic nitrogens is 3. The van der Waals surface area contributed by atoms with E-state index in [0.29, 0.717) is 18.3 Å². The van der Waals surface area contributed by atoms with Crippen LogP contribution in [0.5, 0.6) is 5.75 Å². The normalized spacial score (nSPS) is 12.7. The molecule has 2 rings (SSSR count). The predicted octanol–water partition coefficient (Wildman–Crippen LogP) is 2.57. The van der Waals surface area contributed by atoms with Crippen LogP contribution in [0.15, 0.2) is 30.6 Å². The Balaban J connectivity index is 2.08. The van der Waals surface area contributed by atoms with Crippen LogP contribution in [0.2, 0.25) is 0 Å². The van der Waals surface area contributed by atoms with Crippen molar-refractivity contribution in [3.63, 3.8) is 0 Å². The molecule has 0 fully saturated rings. The van der Waals surface area contributed by atoms with Gasteiger partial charge < -0.3 is 9.84 Å². The van der Waals surface area contributed by atoms with Crippen molar-refractivity contribution in [1.82, 2.24) is 14.8 Å². The molecule has 0 aliphatic carbocycles. The third-order valence-corrected chi connectivity index (χ3v) is 2.96. The molecule has 5 heteroatoms. The molecule has 1 aromatic heterocycles. The maximum absolute atomic E-state index is 9.72. The van der Waals surface area contributed by atoms with Gasteiger partial charge in [-0.15, -0.1) is 0 Å². The van der Waals surface area contributed by atoms with Gasteiger partial charge in [-0.25, -0.2) is 9.67 Å². The second-order valence-corrected chi connectivity index (χ2v) is 5.25. The number of ether oxygens (including phenoxy) is 1. The Bertz CT molecular complexity index is 550. The SMILES string of the molecule is CC(C)Cn1ncnc1COc1ccccc1[C@@H](C)O. The second-order valence-electron chi connectivity index (χ2n) is 5.25. The Morgan fingerprint density at radius 2 is 2.00 bits per heavy atom. The zero-order chi connectivity index (χ0) is 14.5. The molecule has 1 heterocycles. The van der Waals surface area contributed by atoms with E-state index in [0.717, 1.165) is 17.9 Å². The van der Waals surface area contributed by atoms with Gasteiger partial charge in [0.1, 0.15) is 18.7 Å². The van der Waals surface area contributed by atoms with Crippen molar-refractivity contribution in [2.75, 3.05) is 0 Å². The van der Waals surface area contributed by atoms with Crippen LogP contribution in [0.1, 0.15) is 38.3 Å². The van der Waals surface area contributed by atoms with Crippen molar-refractivity contribution in [2.24, 2.45) is 5.92 Å². The van der Waals surface area contributed by atoms with Crippen LogP contribution < -0.4 is 4.74 Å². The number of aliphatic hydroxyl groups is 1. The van der Waals surface area contributed by atoms with E-state index in [-0.39, 0.29) is 0 Å². The maximum Gasteiger partial charge on any atom is 0.164 e. The van der Waals surface area contributed by atoms with Crippen LogP contribution in [0.3, 0.4) is 0 Å². The first-order chi connectivity index (χ1) is 9.58. The van der Waals surface area contributed by atoms with Crippen LogP contribution in [0, 0.1) is 5.92 Å². The minimum atomic E-state index is -0.556. The van der Waals surface area contributed by atoms with Crippen LogP contribution in [-0.4, -0.2) is 19.9 Å². The number of rotatable bonds is 6. The Morgan fingerprint density at radius 3 is 2.70 bits per heavy atom. The van der Waals surface area contributed by atoms with Crippen molar-refractivity contribution in [1.29, 1.82) is 0 Å². The molecule has 0 unspecified atom stereocenters. The van der Waals surface area contributed by atoms with Gasteiger partial charge >= 0.3 is 0 Å². The Kier molecular flexibility index (Phi) is 4.74. The predicted molar refractivity (Wildman–Crippen MR) is 76.3 cm³/mol. The fraction of sp³-hybridized carbons (Fsp3) is 0.467. The first-order valence-corrected chi connectivity index (χ1v) is 6.84. The second kappa shape index (κ2) is 6.52. The van der Waals surface area contributed by atoms with E-state index in [1.165, 1.54) is 0 Å². The van der Waals surface area contributed by atoms with Gasteiger partial charge in [-0.3, -0.25) is 0 Å². The lowest BCUT2D eigenvalue weighted by molar-refractivity contribution is 0.189. The van der Waals surface area contributed by atoms with E-state index >= 15 is 0 Å². The van der Waals surface area contributed by atoms with Crippen molar-refractivity contribution >= 4 is 0 Å². The molecule has 0 amide bonds. The monoisotopic (exact) mass is 275 g/mol. The van der Waals surface area contributed by atoms with E-state index in [1.54, 1.807) is 13.3 Å². The van der Waals surface area contributed by atoms with Crippen molar-refractivity contribution in [3.8, 4) is 5.75 Å². The summed E-state index contributed by atoms with van der Waals surface area (Å²) in [4.78, 5) is 4.22. The molecule has 20 heavy (non-hydrogen) atoms. The number of para-hydroxylation sites is 1. The lowest BCUT2D eigenvalue weighted by Crippen LogP contribution is -2.12. The molecule has 1 N–H and O–H groups in total. The largest absolute Gasteiger partial charge is 0.485 e. The van der Waals surface area contributed by atoms with Gasteiger partial charge in [0.15, 0.2) is 5.82 Å². The summed E-state index contributed by atoms with van der Waals surface area (Å²) in [5.41, 5.74) is 0.780. The summed E-state index contributed by atoms with van der Waals surface area (Å²) in [6, 6.07) is 7.49. The molecule has 0 saturated carbocycles. The Hall–Kier alpha value is -1.88.